The van der Waals surface area contributed by atoms with Crippen molar-refractivity contribution in [3.05, 3.63) is 137 Å². The molecule has 4 aromatic carbocycles. The smallest absolute Gasteiger partial charge is 0.870 e. The summed E-state index contributed by atoms with van der Waals surface area (Å²) < 4.78 is 5.92. The van der Waals surface area contributed by atoms with Crippen LogP contribution in [0.4, 0.5) is 5.69 Å². The number of aromatic nitrogens is 1. The molecule has 0 unspecified atom stereocenters. The van der Waals surface area contributed by atoms with Crippen LogP contribution in [0.15, 0.2) is 106 Å². The number of nitro groups is 1. The minimum Gasteiger partial charge on any atom is -0.870 e. The van der Waals surface area contributed by atoms with Crippen LogP contribution in [0.25, 0.3) is 38.7 Å². The van der Waals surface area contributed by atoms with E-state index >= 15 is 0 Å². The van der Waals surface area contributed by atoms with E-state index in [4.69, 9.17) is 16.0 Å². The van der Waals surface area contributed by atoms with Crippen LogP contribution in [0.1, 0.15) is 15.9 Å². The van der Waals surface area contributed by atoms with E-state index in [1.807, 2.05) is 52.9 Å². The van der Waals surface area contributed by atoms with Gasteiger partial charge in [0.2, 0.25) is 0 Å². The molecule has 0 radical (unpaired) electrons. The number of hydrogen-bond acceptors (Lipinski definition) is 7. The normalized spacial score (nSPS) is 10.6. The van der Waals surface area contributed by atoms with E-state index in [0.717, 1.165) is 22.2 Å². The zero-order chi connectivity index (χ0) is 29.1. The van der Waals surface area contributed by atoms with Gasteiger partial charge in [0, 0.05) is 26.6 Å². The van der Waals surface area contributed by atoms with Crippen LogP contribution in [-0.2, 0) is 17.1 Å². The molecule has 0 atom stereocenters. The second-order valence-corrected chi connectivity index (χ2v) is 10.3. The third kappa shape index (κ3) is 7.09. The Morgan fingerprint density at radius 1 is 0.953 bits per heavy atom. The Labute approximate surface area is 272 Å². The number of fused-ring (bicyclic) bond motifs is 4. The standard InChI is InChI=1S/C22H13NO5.C9H5ClINO.Cu.H2O/c24-20(11-9-15-6-2-4-8-19(15)23(26)27)18-13-17-16-7-3-1-5-14(16)10-12-21(17)28-22(18)25;10-6-4-7(11)9(13)8-5(6)2-1-3-12-8;;/h1-13H;1-4,13H;;1H2/q;;+1;/p-1/b11-9+;;;. The zero-order valence-corrected chi connectivity index (χ0v) is 25.6. The summed E-state index contributed by atoms with van der Waals surface area (Å²) in [4.78, 5) is 39.4. The molecule has 0 aliphatic carbocycles. The molecule has 0 saturated heterocycles. The fourth-order valence-electron chi connectivity index (χ4n) is 4.24. The van der Waals surface area contributed by atoms with E-state index < -0.39 is 16.3 Å². The number of rotatable bonds is 4. The van der Waals surface area contributed by atoms with Gasteiger partial charge in [-0.25, -0.2) is 4.79 Å². The minimum atomic E-state index is -0.750. The second-order valence-electron chi connectivity index (χ2n) is 8.73. The molecule has 6 aromatic rings. The molecule has 220 valence electrons. The van der Waals surface area contributed by atoms with Crippen molar-refractivity contribution in [1.82, 2.24) is 4.98 Å². The van der Waals surface area contributed by atoms with Crippen molar-refractivity contribution in [2.75, 3.05) is 0 Å². The van der Waals surface area contributed by atoms with Gasteiger partial charge in [0.25, 0.3) is 5.69 Å². The van der Waals surface area contributed by atoms with Crippen LogP contribution in [0, 0.1) is 13.7 Å². The number of pyridine rings is 1. The molecule has 2 N–H and O–H groups in total. The Hall–Kier alpha value is -4.13. The largest absolute Gasteiger partial charge is 1.00 e. The summed E-state index contributed by atoms with van der Waals surface area (Å²) >= 11 is 7.91. The second kappa shape index (κ2) is 14.4. The van der Waals surface area contributed by atoms with Crippen molar-refractivity contribution in [2.24, 2.45) is 0 Å². The topological polar surface area (TPSA) is 158 Å². The van der Waals surface area contributed by atoms with Gasteiger partial charge in [0.15, 0.2) is 5.78 Å². The van der Waals surface area contributed by atoms with Gasteiger partial charge >= 0.3 is 22.7 Å². The predicted octanol–water partition coefficient (Wildman–Crippen LogP) is 6.49. The van der Waals surface area contributed by atoms with Gasteiger partial charge in [0.1, 0.15) is 11.1 Å². The molecular formula is C31H19ClCuIN2O7. The van der Waals surface area contributed by atoms with Crippen molar-refractivity contribution in [3.8, 4) is 5.75 Å². The summed E-state index contributed by atoms with van der Waals surface area (Å²) in [6.45, 7) is 0. The van der Waals surface area contributed by atoms with Crippen LogP contribution in [0.2, 0.25) is 5.02 Å². The molecule has 0 aliphatic rings. The SMILES string of the molecule is O.O=C(/C=C/c1ccccc1[N+](=O)[O-])c1cc2c(ccc3ccccc32)oc1=O.[Cu+].[O-]c1c(I)cc(Cl)c2cccnc12. The molecule has 43 heavy (non-hydrogen) atoms. The van der Waals surface area contributed by atoms with E-state index in [0.29, 0.717) is 25.1 Å². The Balaban J connectivity index is 0.000000285. The number of hydrogen-bond donors (Lipinski definition) is 0. The summed E-state index contributed by atoms with van der Waals surface area (Å²) in [5.41, 5.74) is 0.112. The third-order valence-electron chi connectivity index (χ3n) is 6.21. The summed E-state index contributed by atoms with van der Waals surface area (Å²) in [6, 6.07) is 23.9. The van der Waals surface area contributed by atoms with Gasteiger partial charge in [-0.3, -0.25) is 19.9 Å². The molecule has 0 saturated carbocycles. The van der Waals surface area contributed by atoms with Crippen LogP contribution in [0.5, 0.6) is 5.75 Å². The van der Waals surface area contributed by atoms with Gasteiger partial charge < -0.3 is 15.0 Å². The Kier molecular flexibility index (Phi) is 11.1. The number of allylic oxidation sites excluding steroid dienone is 1. The first-order chi connectivity index (χ1) is 19.7. The van der Waals surface area contributed by atoms with E-state index in [9.17, 15) is 24.8 Å². The van der Waals surface area contributed by atoms with Crippen molar-refractivity contribution in [3.63, 3.8) is 0 Å². The van der Waals surface area contributed by atoms with Crippen LogP contribution < -0.4 is 10.7 Å². The van der Waals surface area contributed by atoms with Gasteiger partial charge in [-0.15, -0.1) is 0 Å². The molecule has 2 aromatic heterocycles. The van der Waals surface area contributed by atoms with Crippen molar-refractivity contribution < 1.29 is 41.8 Å². The number of nitro benzene ring substituents is 1. The molecule has 0 aliphatic heterocycles. The van der Waals surface area contributed by atoms with E-state index in [1.54, 1.807) is 42.6 Å². The molecule has 0 fully saturated rings. The molecule has 9 nitrogen and oxygen atoms in total. The van der Waals surface area contributed by atoms with Crippen LogP contribution >= 0.6 is 34.2 Å². The molecule has 0 amide bonds. The summed E-state index contributed by atoms with van der Waals surface area (Å²) in [5.74, 6) is -0.637. The maximum atomic E-state index is 12.6. The van der Waals surface area contributed by atoms with E-state index in [2.05, 4.69) is 4.98 Å². The maximum absolute atomic E-state index is 12.6. The van der Waals surface area contributed by atoms with Gasteiger partial charge in [0.05, 0.1) is 21.0 Å². The number of carbonyl (C=O) groups is 1. The third-order valence-corrected chi connectivity index (χ3v) is 7.32. The van der Waals surface area contributed by atoms with Crippen LogP contribution in [0.3, 0.4) is 0 Å². The minimum absolute atomic E-state index is 0. The predicted molar refractivity (Wildman–Crippen MR) is 169 cm³/mol. The van der Waals surface area contributed by atoms with Crippen molar-refractivity contribution >= 4 is 84.4 Å². The first-order valence-electron chi connectivity index (χ1n) is 12.1. The van der Waals surface area contributed by atoms with Crippen molar-refractivity contribution in [1.29, 1.82) is 0 Å². The molecule has 0 bridgehead atoms. The summed E-state index contributed by atoms with van der Waals surface area (Å²) in [5, 5.41) is 26.4. The number of halogens is 2. The molecule has 0 spiro atoms. The number of para-hydroxylation sites is 1. The fourth-order valence-corrected chi connectivity index (χ4v) is 5.25. The molecule has 12 heteroatoms. The average molecular weight is 757 g/mol. The number of benzene rings is 4. The average Bonchev–Trinajstić information content (AvgIpc) is 2.98. The number of carbonyl (C=O) groups excluding carboxylic acids is 1. The van der Waals surface area contributed by atoms with E-state index in [1.165, 1.54) is 24.3 Å². The summed E-state index contributed by atoms with van der Waals surface area (Å²) in [6.07, 6.45) is 4.06. The molecule has 2 heterocycles. The first kappa shape index (κ1) is 33.4. The Morgan fingerprint density at radius 2 is 1.65 bits per heavy atom. The molecule has 6 rings (SSSR count). The first-order valence-corrected chi connectivity index (χ1v) is 13.5. The van der Waals surface area contributed by atoms with Gasteiger partial charge in [-0.2, -0.15) is 0 Å². The zero-order valence-electron chi connectivity index (χ0n) is 21.7. The Bertz CT molecular complexity index is 2080. The van der Waals surface area contributed by atoms with Crippen molar-refractivity contribution in [2.45, 2.75) is 0 Å². The number of ketones is 1. The monoisotopic (exact) mass is 756 g/mol. The number of nitrogens with zero attached hydrogens (tertiary/aromatic N) is 2. The molecular weight excluding hydrogens is 738 g/mol. The van der Waals surface area contributed by atoms with E-state index in [-0.39, 0.29) is 45.1 Å². The quantitative estimate of drug-likeness (QED) is 0.0291. The van der Waals surface area contributed by atoms with Gasteiger partial charge in [-0.1, -0.05) is 59.8 Å². The van der Waals surface area contributed by atoms with Gasteiger partial charge in [-0.05, 0) is 81.9 Å². The summed E-state index contributed by atoms with van der Waals surface area (Å²) in [7, 11) is 0. The fraction of sp³-hybridized carbons (Fsp3) is 0. The maximum Gasteiger partial charge on any atom is 1.00 e. The Morgan fingerprint density at radius 3 is 2.42 bits per heavy atom. The van der Waals surface area contributed by atoms with Crippen LogP contribution in [-0.4, -0.2) is 21.2 Å².